The summed E-state index contributed by atoms with van der Waals surface area (Å²) in [6.45, 7) is 4.07. The lowest BCUT2D eigenvalue weighted by Gasteiger charge is -2.06. The van der Waals surface area contributed by atoms with Crippen LogP contribution < -0.4 is 11.0 Å². The molecule has 1 aromatic carbocycles. The average molecular weight is 346 g/mol. The number of rotatable bonds is 5. The molecule has 130 valence electrons. The van der Waals surface area contributed by atoms with E-state index >= 15 is 0 Å². The minimum Gasteiger partial charge on any atom is -0.279 e. The summed E-state index contributed by atoms with van der Waals surface area (Å²) in [7, 11) is 0. The maximum atomic E-state index is 12.0. The van der Waals surface area contributed by atoms with E-state index in [1.54, 1.807) is 23.0 Å². The van der Waals surface area contributed by atoms with Crippen LogP contribution in [-0.2, 0) is 6.54 Å². The number of fused-ring (bicyclic) bond motifs is 1. The number of H-pyrrole nitrogens is 1. The normalized spacial score (nSPS) is 10.6. The zero-order valence-electron chi connectivity index (χ0n) is 14.0. The monoisotopic (exact) mass is 346 g/mol. The minimum absolute atomic E-state index is 0.290. The Morgan fingerprint density at radius 1 is 1.15 bits per heavy atom. The highest BCUT2D eigenvalue weighted by Crippen LogP contribution is 2.11. The standard InChI is InChI=1S/C19H18N6O/c1-2-12-20-21-16-10-8-15(9-11-16)14-25-13-6-4-3-5-7-17-18(24-25)19(26)23-22-17/h2-13,21H,1,14H2,(H,23,26)/b4-3?,7-5?,13-6?,20-12-,24-18?. The minimum atomic E-state index is -0.313. The van der Waals surface area contributed by atoms with Gasteiger partial charge in [-0.2, -0.15) is 15.3 Å². The van der Waals surface area contributed by atoms with Gasteiger partial charge in [0.15, 0.2) is 5.69 Å². The fourth-order valence-corrected chi connectivity index (χ4v) is 2.26. The molecule has 3 rings (SSSR count). The SMILES string of the molecule is C=C/C=N\Nc1ccc(Cn2ccccccc3n[nH]c(=O)c-3n2)cc1. The van der Waals surface area contributed by atoms with E-state index in [2.05, 4.69) is 32.4 Å². The first-order valence-electron chi connectivity index (χ1n) is 8.00. The molecule has 7 nitrogen and oxygen atoms in total. The van der Waals surface area contributed by atoms with E-state index in [4.69, 9.17) is 0 Å². The van der Waals surface area contributed by atoms with Crippen LogP contribution in [0.2, 0.25) is 0 Å². The fourth-order valence-electron chi connectivity index (χ4n) is 2.26. The van der Waals surface area contributed by atoms with Gasteiger partial charge in [0.05, 0.1) is 12.2 Å². The molecule has 0 amide bonds. The Morgan fingerprint density at radius 2 is 1.96 bits per heavy atom. The first-order valence-corrected chi connectivity index (χ1v) is 8.00. The third-order valence-electron chi connectivity index (χ3n) is 3.48. The van der Waals surface area contributed by atoms with E-state index < -0.39 is 0 Å². The van der Waals surface area contributed by atoms with Crippen LogP contribution in [-0.4, -0.2) is 26.2 Å². The van der Waals surface area contributed by atoms with Crippen LogP contribution in [0.1, 0.15) is 5.56 Å². The Balaban J connectivity index is 1.89. The zero-order chi connectivity index (χ0) is 18.2. The summed E-state index contributed by atoms with van der Waals surface area (Å²) in [5, 5.41) is 14.9. The van der Waals surface area contributed by atoms with Crippen molar-refractivity contribution in [3.63, 3.8) is 0 Å². The summed E-state index contributed by atoms with van der Waals surface area (Å²) in [5.74, 6) is 0. The Hall–Kier alpha value is -3.74. The van der Waals surface area contributed by atoms with Gasteiger partial charge in [0.1, 0.15) is 5.69 Å². The van der Waals surface area contributed by atoms with Crippen molar-refractivity contribution < 1.29 is 0 Å². The molecule has 0 radical (unpaired) electrons. The van der Waals surface area contributed by atoms with Gasteiger partial charge in [0.2, 0.25) is 0 Å². The van der Waals surface area contributed by atoms with Crippen LogP contribution in [0.5, 0.6) is 0 Å². The lowest BCUT2D eigenvalue weighted by molar-refractivity contribution is 0.672. The number of hydrogen-bond donors (Lipinski definition) is 2. The molecule has 26 heavy (non-hydrogen) atoms. The molecule has 0 aliphatic carbocycles. The average Bonchev–Trinajstić information content (AvgIpc) is 3.00. The number of hydrazone groups is 1. The number of aromatic amines is 1. The smallest absolute Gasteiger partial charge is 0.279 e. The highest BCUT2D eigenvalue weighted by molar-refractivity contribution is 5.71. The second-order valence-electron chi connectivity index (χ2n) is 5.39. The molecule has 0 saturated carbocycles. The molecule has 2 aliphatic rings. The highest BCUT2D eigenvalue weighted by atomic mass is 16.1. The number of allylic oxidation sites excluding steroid dienone is 1. The van der Waals surface area contributed by atoms with Gasteiger partial charge in [0, 0.05) is 12.4 Å². The van der Waals surface area contributed by atoms with Crippen molar-refractivity contribution in [3.05, 3.63) is 89.4 Å². The summed E-state index contributed by atoms with van der Waals surface area (Å²) >= 11 is 0. The van der Waals surface area contributed by atoms with Gasteiger partial charge in [-0.1, -0.05) is 36.9 Å². The number of hydrogen-bond acceptors (Lipinski definition) is 5. The third kappa shape index (κ3) is 4.41. The summed E-state index contributed by atoms with van der Waals surface area (Å²) < 4.78 is 1.71. The van der Waals surface area contributed by atoms with Gasteiger partial charge < -0.3 is 0 Å². The van der Waals surface area contributed by atoms with Gasteiger partial charge in [0.25, 0.3) is 5.56 Å². The first-order chi connectivity index (χ1) is 12.8. The maximum absolute atomic E-state index is 12.0. The van der Waals surface area contributed by atoms with E-state index in [-0.39, 0.29) is 5.56 Å². The van der Waals surface area contributed by atoms with Crippen LogP contribution in [0.4, 0.5) is 5.69 Å². The van der Waals surface area contributed by atoms with Gasteiger partial charge in [-0.15, -0.1) is 0 Å². The third-order valence-corrected chi connectivity index (χ3v) is 3.48. The van der Waals surface area contributed by atoms with Crippen molar-refractivity contribution in [3.8, 4) is 11.4 Å². The van der Waals surface area contributed by atoms with Gasteiger partial charge in [-0.25, -0.2) is 5.10 Å². The van der Waals surface area contributed by atoms with E-state index in [0.29, 0.717) is 17.9 Å². The molecule has 0 spiro atoms. The summed E-state index contributed by atoms with van der Waals surface area (Å²) in [6.07, 6.45) is 4.99. The second kappa shape index (κ2) is 8.39. The number of aromatic nitrogens is 4. The number of nitrogens with zero attached hydrogens (tertiary/aromatic N) is 4. The predicted molar refractivity (Wildman–Crippen MR) is 103 cm³/mol. The Bertz CT molecular complexity index is 985. The Morgan fingerprint density at radius 3 is 2.77 bits per heavy atom. The van der Waals surface area contributed by atoms with Crippen molar-refractivity contribution >= 4 is 11.9 Å². The summed E-state index contributed by atoms with van der Waals surface area (Å²) in [4.78, 5) is 12.0. The Kier molecular flexibility index (Phi) is 5.51. The van der Waals surface area contributed by atoms with Gasteiger partial charge in [-0.05, 0) is 35.9 Å². The molecule has 2 N–H and O–H groups in total. The van der Waals surface area contributed by atoms with Crippen LogP contribution >= 0.6 is 0 Å². The largest absolute Gasteiger partial charge is 0.294 e. The molecule has 0 aromatic heterocycles. The van der Waals surface area contributed by atoms with E-state index in [1.165, 1.54) is 0 Å². The molecular weight excluding hydrogens is 328 g/mol. The number of nitrogens with one attached hydrogen (secondary N) is 2. The van der Waals surface area contributed by atoms with E-state index in [9.17, 15) is 4.79 Å². The van der Waals surface area contributed by atoms with Crippen molar-refractivity contribution in [2.75, 3.05) is 5.43 Å². The number of benzene rings is 1. The molecule has 1 aromatic rings. The van der Waals surface area contributed by atoms with Crippen molar-refractivity contribution in [2.24, 2.45) is 5.10 Å². The second-order valence-corrected chi connectivity index (χ2v) is 5.39. The lowest BCUT2D eigenvalue weighted by atomic mass is 10.2. The van der Waals surface area contributed by atoms with E-state index in [1.807, 2.05) is 54.7 Å². The van der Waals surface area contributed by atoms with Crippen molar-refractivity contribution in [1.29, 1.82) is 0 Å². The summed E-state index contributed by atoms with van der Waals surface area (Å²) in [5.41, 5.74) is 5.30. The maximum Gasteiger partial charge on any atom is 0.294 e. The molecule has 0 saturated heterocycles. The molecule has 2 heterocycles. The zero-order valence-corrected chi connectivity index (χ0v) is 14.0. The van der Waals surface area contributed by atoms with Crippen LogP contribution in [0.25, 0.3) is 11.4 Å². The molecule has 7 heteroatoms. The molecule has 0 bridgehead atoms. The van der Waals surface area contributed by atoms with Crippen LogP contribution in [0.15, 0.2) is 83.3 Å². The highest BCUT2D eigenvalue weighted by Gasteiger charge is 2.09. The van der Waals surface area contributed by atoms with Crippen molar-refractivity contribution in [1.82, 2.24) is 20.0 Å². The molecule has 0 atom stereocenters. The fraction of sp³-hybridized carbons (Fsp3) is 0.0526. The van der Waals surface area contributed by atoms with Crippen LogP contribution in [0.3, 0.4) is 0 Å². The first kappa shape index (κ1) is 17.1. The molecular formula is C19H18N6O. The summed E-state index contributed by atoms with van der Waals surface area (Å²) in [6, 6.07) is 17.0. The van der Waals surface area contributed by atoms with Gasteiger partial charge in [-0.3, -0.25) is 14.9 Å². The predicted octanol–water partition coefficient (Wildman–Crippen LogP) is 2.83. The topological polar surface area (TPSA) is 88.0 Å². The quantitative estimate of drug-likeness (QED) is 0.549. The van der Waals surface area contributed by atoms with Gasteiger partial charge >= 0.3 is 0 Å². The number of anilines is 1. The lowest BCUT2D eigenvalue weighted by Crippen LogP contribution is -2.09. The molecule has 0 unspecified atom stereocenters. The van der Waals surface area contributed by atoms with Crippen LogP contribution in [0, 0.1) is 0 Å². The molecule has 0 fully saturated rings. The van der Waals surface area contributed by atoms with Crippen molar-refractivity contribution in [2.45, 2.75) is 6.54 Å². The Labute approximate surface area is 150 Å². The van der Waals surface area contributed by atoms with E-state index in [0.717, 1.165) is 11.3 Å². The molecule has 2 aliphatic heterocycles.